The lowest BCUT2D eigenvalue weighted by molar-refractivity contribution is -0.115. The number of unbranched alkanes of at least 4 members (excludes halogenated alkanes) is 1. The Kier molecular flexibility index (Phi) is 10.8. The monoisotopic (exact) mass is 606 g/mol. The molecular formula is C32H28Cl2N2O4S. The lowest BCUT2D eigenvalue weighted by Gasteiger charge is -2.17. The lowest BCUT2D eigenvalue weighted by Crippen LogP contribution is -2.19. The van der Waals surface area contributed by atoms with E-state index in [4.69, 9.17) is 27.9 Å². The van der Waals surface area contributed by atoms with Crippen LogP contribution in [-0.4, -0.2) is 24.4 Å². The maximum absolute atomic E-state index is 13.4. The van der Waals surface area contributed by atoms with Crippen LogP contribution in [0.5, 0.6) is 0 Å². The third-order valence-electron chi connectivity index (χ3n) is 6.00. The van der Waals surface area contributed by atoms with Crippen molar-refractivity contribution in [2.75, 3.05) is 17.2 Å². The van der Waals surface area contributed by atoms with Crippen molar-refractivity contribution in [3.63, 3.8) is 0 Å². The number of amides is 2. The topological polar surface area (TPSA) is 84.5 Å². The minimum absolute atomic E-state index is 0.214. The van der Waals surface area contributed by atoms with Gasteiger partial charge in [0.25, 0.3) is 5.91 Å². The van der Waals surface area contributed by atoms with E-state index in [1.54, 1.807) is 48.5 Å². The first-order valence-electron chi connectivity index (χ1n) is 13.0. The molecule has 41 heavy (non-hydrogen) atoms. The van der Waals surface area contributed by atoms with E-state index in [-0.39, 0.29) is 22.8 Å². The van der Waals surface area contributed by atoms with Gasteiger partial charge in [-0.25, -0.2) is 4.79 Å². The van der Waals surface area contributed by atoms with Crippen LogP contribution in [0.3, 0.4) is 0 Å². The number of halogens is 2. The Labute approximate surface area is 253 Å². The van der Waals surface area contributed by atoms with Crippen LogP contribution in [0, 0.1) is 0 Å². The number of carbonyl (C=O) groups is 3. The third kappa shape index (κ3) is 8.60. The molecule has 0 fully saturated rings. The van der Waals surface area contributed by atoms with Gasteiger partial charge in [0.2, 0.25) is 5.91 Å². The van der Waals surface area contributed by atoms with Gasteiger partial charge in [0.05, 0.1) is 22.8 Å². The van der Waals surface area contributed by atoms with Crippen molar-refractivity contribution < 1.29 is 19.1 Å². The van der Waals surface area contributed by atoms with E-state index >= 15 is 0 Å². The highest BCUT2D eigenvalue weighted by Gasteiger charge is 2.22. The number of anilines is 2. The number of hydrogen-bond acceptors (Lipinski definition) is 5. The molecule has 1 unspecified atom stereocenters. The fourth-order valence-corrected chi connectivity index (χ4v) is 5.33. The van der Waals surface area contributed by atoms with Crippen LogP contribution in [-0.2, 0) is 9.53 Å². The Morgan fingerprint density at radius 2 is 1.49 bits per heavy atom. The van der Waals surface area contributed by atoms with Crippen LogP contribution >= 0.6 is 35.0 Å². The molecule has 2 N–H and O–H groups in total. The van der Waals surface area contributed by atoms with Gasteiger partial charge in [-0.05, 0) is 78.7 Å². The summed E-state index contributed by atoms with van der Waals surface area (Å²) in [7, 11) is 0. The molecule has 2 amide bonds. The van der Waals surface area contributed by atoms with Crippen LogP contribution in [0.25, 0.3) is 0 Å². The fraction of sp³-hybridized carbons (Fsp3) is 0.156. The summed E-state index contributed by atoms with van der Waals surface area (Å²) in [4.78, 5) is 39.1. The van der Waals surface area contributed by atoms with Crippen molar-refractivity contribution >= 4 is 64.1 Å². The Bertz CT molecular complexity index is 1500. The Balaban J connectivity index is 1.43. The molecule has 0 aliphatic heterocycles. The summed E-state index contributed by atoms with van der Waals surface area (Å²) in [5, 5.41) is 5.94. The molecule has 0 aliphatic rings. The number of ether oxygens (including phenoxy) is 1. The first-order chi connectivity index (χ1) is 19.8. The summed E-state index contributed by atoms with van der Waals surface area (Å²) in [6.07, 6.45) is 1.76. The molecule has 1 atom stereocenters. The predicted molar refractivity (Wildman–Crippen MR) is 166 cm³/mol. The van der Waals surface area contributed by atoms with Gasteiger partial charge in [0, 0.05) is 21.3 Å². The first kappa shape index (κ1) is 30.2. The Hall–Kier alpha value is -3.78. The van der Waals surface area contributed by atoms with Crippen molar-refractivity contribution in [3.05, 3.63) is 124 Å². The molecule has 4 aromatic rings. The summed E-state index contributed by atoms with van der Waals surface area (Å²) in [5.74, 6) is -0.951. The number of carbonyl (C=O) groups excluding carboxylic acids is 3. The van der Waals surface area contributed by atoms with Crippen LogP contribution in [0.2, 0.25) is 10.0 Å². The molecule has 0 aliphatic carbocycles. The summed E-state index contributed by atoms with van der Waals surface area (Å²) < 4.78 is 5.25. The summed E-state index contributed by atoms with van der Waals surface area (Å²) in [5.41, 5.74) is 2.73. The van der Waals surface area contributed by atoms with Gasteiger partial charge in [0.1, 0.15) is 5.25 Å². The number of hydrogen-bond donors (Lipinski definition) is 2. The van der Waals surface area contributed by atoms with Crippen molar-refractivity contribution in [2.45, 2.75) is 29.9 Å². The molecule has 4 rings (SSSR count). The Morgan fingerprint density at radius 1 is 0.829 bits per heavy atom. The molecule has 210 valence electrons. The van der Waals surface area contributed by atoms with Crippen molar-refractivity contribution in [1.82, 2.24) is 0 Å². The van der Waals surface area contributed by atoms with Gasteiger partial charge >= 0.3 is 5.97 Å². The van der Waals surface area contributed by atoms with Gasteiger partial charge in [-0.3, -0.25) is 9.59 Å². The highest BCUT2D eigenvalue weighted by molar-refractivity contribution is 8.00. The number of thioether (sulfide) groups is 1. The molecule has 0 aromatic heterocycles. The number of nitrogens with one attached hydrogen (secondary N) is 2. The molecule has 0 heterocycles. The molecule has 6 nitrogen and oxygen atoms in total. The zero-order chi connectivity index (χ0) is 29.2. The van der Waals surface area contributed by atoms with E-state index in [1.807, 2.05) is 49.4 Å². The molecule has 0 saturated heterocycles. The Morgan fingerprint density at radius 3 is 2.15 bits per heavy atom. The standard InChI is InChI=1S/C32H28Cl2N2O4S/c1-2-3-19-40-32(39)22-9-12-24(13-10-22)36-31(38)29(21-7-5-4-6-8-21)41-26-16-14-25(15-17-26)35-30(37)27-18-11-23(33)20-28(27)34/h4-18,20,29H,2-3,19H2,1H3,(H,35,37)(H,36,38). The first-order valence-corrected chi connectivity index (χ1v) is 14.6. The smallest absolute Gasteiger partial charge is 0.338 e. The zero-order valence-corrected chi connectivity index (χ0v) is 24.6. The second-order valence-electron chi connectivity index (χ2n) is 9.07. The van der Waals surface area contributed by atoms with Crippen molar-refractivity contribution in [1.29, 1.82) is 0 Å². The maximum atomic E-state index is 13.4. The number of benzene rings is 4. The van der Waals surface area contributed by atoms with Crippen LogP contribution in [0.1, 0.15) is 51.3 Å². The SMILES string of the molecule is CCCCOC(=O)c1ccc(NC(=O)C(Sc2ccc(NC(=O)c3ccc(Cl)cc3Cl)cc2)c2ccccc2)cc1. The van der Waals surface area contributed by atoms with Crippen LogP contribution in [0.4, 0.5) is 11.4 Å². The average molecular weight is 608 g/mol. The highest BCUT2D eigenvalue weighted by atomic mass is 35.5. The molecule has 9 heteroatoms. The molecular weight excluding hydrogens is 579 g/mol. The maximum Gasteiger partial charge on any atom is 0.338 e. The fourth-order valence-electron chi connectivity index (χ4n) is 3.82. The summed E-state index contributed by atoms with van der Waals surface area (Å²) in [6.45, 7) is 2.41. The van der Waals surface area contributed by atoms with E-state index in [9.17, 15) is 14.4 Å². The van der Waals surface area contributed by atoms with Gasteiger partial charge in [0.15, 0.2) is 0 Å². The van der Waals surface area contributed by atoms with Crippen LogP contribution in [0.15, 0.2) is 102 Å². The third-order valence-corrected chi connectivity index (χ3v) is 7.82. The number of esters is 1. The van der Waals surface area contributed by atoms with Gasteiger partial charge in [-0.2, -0.15) is 0 Å². The van der Waals surface area contributed by atoms with E-state index in [0.29, 0.717) is 34.1 Å². The van der Waals surface area contributed by atoms with Crippen molar-refractivity contribution in [3.8, 4) is 0 Å². The average Bonchev–Trinajstić information content (AvgIpc) is 2.97. The highest BCUT2D eigenvalue weighted by Crippen LogP contribution is 2.37. The van der Waals surface area contributed by atoms with E-state index in [1.165, 1.54) is 17.8 Å². The summed E-state index contributed by atoms with van der Waals surface area (Å²) >= 11 is 13.5. The van der Waals surface area contributed by atoms with Gasteiger partial charge in [-0.15, -0.1) is 11.8 Å². The minimum Gasteiger partial charge on any atom is -0.462 e. The normalized spacial score (nSPS) is 11.4. The molecule has 0 saturated carbocycles. The second kappa shape index (κ2) is 14.7. The molecule has 0 bridgehead atoms. The van der Waals surface area contributed by atoms with Crippen molar-refractivity contribution in [2.24, 2.45) is 0 Å². The minimum atomic E-state index is -0.553. The van der Waals surface area contributed by atoms with Crippen LogP contribution < -0.4 is 10.6 Å². The lowest BCUT2D eigenvalue weighted by atomic mass is 10.1. The number of rotatable bonds is 11. The second-order valence-corrected chi connectivity index (χ2v) is 11.1. The van der Waals surface area contributed by atoms with E-state index < -0.39 is 5.25 Å². The largest absolute Gasteiger partial charge is 0.462 e. The molecule has 4 aromatic carbocycles. The van der Waals surface area contributed by atoms with E-state index in [2.05, 4.69) is 10.6 Å². The molecule has 0 radical (unpaired) electrons. The summed E-state index contributed by atoms with van der Waals surface area (Å²) in [6, 6.07) is 28.0. The molecule has 0 spiro atoms. The van der Waals surface area contributed by atoms with Gasteiger partial charge < -0.3 is 15.4 Å². The zero-order valence-electron chi connectivity index (χ0n) is 22.2. The van der Waals surface area contributed by atoms with Gasteiger partial charge in [-0.1, -0.05) is 66.9 Å². The van der Waals surface area contributed by atoms with E-state index in [0.717, 1.165) is 23.3 Å². The quantitative estimate of drug-likeness (QED) is 0.101. The predicted octanol–water partition coefficient (Wildman–Crippen LogP) is 8.67.